The van der Waals surface area contributed by atoms with Crippen LogP contribution in [0.4, 0.5) is 15.9 Å². The molecule has 0 bridgehead atoms. The average Bonchev–Trinajstić information content (AvgIpc) is 2.67. The Kier molecular flexibility index (Phi) is 4.94. The molecule has 0 saturated carbocycles. The fourth-order valence-corrected chi connectivity index (χ4v) is 3.89. The van der Waals surface area contributed by atoms with Crippen LogP contribution >= 0.6 is 0 Å². The van der Waals surface area contributed by atoms with E-state index in [1.165, 1.54) is 25.3 Å². The topological polar surface area (TPSA) is 63.0 Å². The highest BCUT2D eigenvalue weighted by atomic mass is 19.1. The van der Waals surface area contributed by atoms with Crippen LogP contribution in [0.2, 0.25) is 0 Å². The molecule has 3 aromatic rings. The lowest BCUT2D eigenvalue weighted by Gasteiger charge is -2.24. The van der Waals surface area contributed by atoms with Gasteiger partial charge in [-0.2, -0.15) is 0 Å². The Morgan fingerprint density at radius 2 is 2.15 bits per heavy atom. The first kappa shape index (κ1) is 17.7. The van der Waals surface area contributed by atoms with Crippen molar-refractivity contribution in [3.05, 3.63) is 54.0 Å². The van der Waals surface area contributed by atoms with Crippen LogP contribution in [0.25, 0.3) is 21.9 Å². The number of fused-ring (bicyclic) bond motifs is 1. The highest BCUT2D eigenvalue weighted by Gasteiger charge is 2.15. The maximum Gasteiger partial charge on any atom is 0.131 e. The van der Waals surface area contributed by atoms with Gasteiger partial charge in [-0.15, -0.1) is 0 Å². The Morgan fingerprint density at radius 1 is 1.26 bits per heavy atom. The summed E-state index contributed by atoms with van der Waals surface area (Å²) in [6.07, 6.45) is 5.42. The predicted octanol–water partition coefficient (Wildman–Crippen LogP) is 4.49. The highest BCUT2D eigenvalue weighted by Crippen LogP contribution is 2.34. The van der Waals surface area contributed by atoms with Gasteiger partial charge in [0.2, 0.25) is 0 Å². The first-order chi connectivity index (χ1) is 13.1. The number of benzene rings is 2. The molecule has 0 aliphatic carbocycles. The quantitative estimate of drug-likeness (QED) is 0.638. The molecule has 140 valence electrons. The normalized spacial score (nSPS) is 17.2. The second-order valence-electron chi connectivity index (χ2n) is 7.31. The molecule has 1 aliphatic heterocycles. The number of nitrogens with two attached hydrogens (primary N) is 1. The number of nitrogens with zero attached hydrogens (tertiary/aromatic N) is 1. The second-order valence-corrected chi connectivity index (χ2v) is 7.31. The van der Waals surface area contributed by atoms with Gasteiger partial charge < -0.3 is 16.4 Å². The smallest absolute Gasteiger partial charge is 0.131 e. The number of nitrogens with one attached hydrogen (secondary N) is 2. The van der Waals surface area contributed by atoms with Crippen LogP contribution < -0.4 is 16.4 Å². The van der Waals surface area contributed by atoms with E-state index < -0.39 is 0 Å². The molecule has 4 N–H and O–H groups in total. The van der Waals surface area contributed by atoms with Crippen LogP contribution in [0.5, 0.6) is 0 Å². The summed E-state index contributed by atoms with van der Waals surface area (Å²) in [5.41, 5.74) is 9.28. The zero-order chi connectivity index (χ0) is 18.8. The molecular weight excluding hydrogens is 339 g/mol. The molecule has 1 aliphatic rings. The lowest BCUT2D eigenvalue weighted by Crippen LogP contribution is -2.39. The van der Waals surface area contributed by atoms with Gasteiger partial charge in [0.15, 0.2) is 0 Å². The summed E-state index contributed by atoms with van der Waals surface area (Å²) in [4.78, 5) is 4.22. The monoisotopic (exact) mass is 364 g/mol. The van der Waals surface area contributed by atoms with Gasteiger partial charge in [0.05, 0.1) is 0 Å². The van der Waals surface area contributed by atoms with Crippen molar-refractivity contribution in [3.8, 4) is 11.1 Å². The molecule has 4 rings (SSSR count). The van der Waals surface area contributed by atoms with Crippen LogP contribution in [0.1, 0.15) is 24.8 Å². The lowest BCUT2D eigenvalue weighted by molar-refractivity contribution is 0.414. The molecule has 1 atom stereocenters. The number of aryl methyl sites for hydroxylation is 1. The predicted molar refractivity (Wildman–Crippen MR) is 110 cm³/mol. The van der Waals surface area contributed by atoms with E-state index in [0.717, 1.165) is 40.7 Å². The minimum Gasteiger partial charge on any atom is -0.384 e. The van der Waals surface area contributed by atoms with Crippen molar-refractivity contribution in [2.45, 2.75) is 32.2 Å². The van der Waals surface area contributed by atoms with Gasteiger partial charge >= 0.3 is 0 Å². The summed E-state index contributed by atoms with van der Waals surface area (Å²) in [6, 6.07) is 11.5. The van der Waals surface area contributed by atoms with Crippen LogP contribution in [-0.4, -0.2) is 24.1 Å². The molecule has 0 spiro atoms. The number of halogens is 1. The van der Waals surface area contributed by atoms with Crippen molar-refractivity contribution in [2.24, 2.45) is 0 Å². The van der Waals surface area contributed by atoms with Gasteiger partial charge in [0, 0.05) is 40.8 Å². The summed E-state index contributed by atoms with van der Waals surface area (Å²) >= 11 is 0. The molecule has 0 amide bonds. The Balaban J connectivity index is 1.76. The van der Waals surface area contributed by atoms with Gasteiger partial charge in [-0.3, -0.25) is 0 Å². The number of hydrogen-bond acceptors (Lipinski definition) is 4. The first-order valence-electron chi connectivity index (χ1n) is 9.54. The number of hydrogen-bond donors (Lipinski definition) is 3. The zero-order valence-corrected chi connectivity index (χ0v) is 15.6. The zero-order valence-electron chi connectivity index (χ0n) is 15.6. The third kappa shape index (κ3) is 3.74. The minimum absolute atomic E-state index is 0.211. The molecule has 1 fully saturated rings. The maximum atomic E-state index is 14.5. The van der Waals surface area contributed by atoms with Crippen molar-refractivity contribution in [3.63, 3.8) is 0 Å². The van der Waals surface area contributed by atoms with E-state index in [1.54, 1.807) is 12.3 Å². The Hall–Kier alpha value is -2.66. The second kappa shape index (κ2) is 7.53. The molecule has 1 aromatic heterocycles. The molecule has 5 heteroatoms. The van der Waals surface area contributed by atoms with Crippen molar-refractivity contribution < 1.29 is 4.39 Å². The molecule has 2 aromatic carbocycles. The standard InChI is InChI=1S/C22H25FN4/c1-14-5-4-7-19(23)22(14)15-9-16-12-27-21(24)11-18(16)20(10-15)26-13-17-6-2-3-8-25-17/h4-5,7,9-12,17,25-26H,2-3,6,8,13H2,1H3,(H2,24,27). The summed E-state index contributed by atoms with van der Waals surface area (Å²) in [6.45, 7) is 3.83. The summed E-state index contributed by atoms with van der Waals surface area (Å²) in [5, 5.41) is 9.08. The SMILES string of the molecule is Cc1cccc(F)c1-c1cc(NCC2CCCCN2)c2cc(N)ncc2c1. The fourth-order valence-electron chi connectivity index (χ4n) is 3.89. The third-order valence-corrected chi connectivity index (χ3v) is 5.32. The molecule has 27 heavy (non-hydrogen) atoms. The maximum absolute atomic E-state index is 14.5. The van der Waals surface area contributed by atoms with E-state index in [4.69, 9.17) is 5.73 Å². The van der Waals surface area contributed by atoms with Gasteiger partial charge in [0.25, 0.3) is 0 Å². The largest absolute Gasteiger partial charge is 0.384 e. The minimum atomic E-state index is -0.211. The molecule has 0 radical (unpaired) electrons. The lowest BCUT2D eigenvalue weighted by atomic mass is 9.96. The number of nitrogen functional groups attached to an aromatic ring is 1. The summed E-state index contributed by atoms with van der Waals surface area (Å²) in [5.74, 6) is 0.272. The molecule has 1 unspecified atom stereocenters. The summed E-state index contributed by atoms with van der Waals surface area (Å²) in [7, 11) is 0. The molecular formula is C22H25FN4. The average molecular weight is 364 g/mol. The van der Waals surface area contributed by atoms with Crippen molar-refractivity contribution in [1.29, 1.82) is 0 Å². The van der Waals surface area contributed by atoms with Gasteiger partial charge in [0.1, 0.15) is 11.6 Å². The number of piperidine rings is 1. The number of rotatable bonds is 4. The molecule has 4 nitrogen and oxygen atoms in total. The van der Waals surface area contributed by atoms with Gasteiger partial charge in [-0.1, -0.05) is 18.6 Å². The van der Waals surface area contributed by atoms with Crippen molar-refractivity contribution >= 4 is 22.3 Å². The number of aromatic nitrogens is 1. The summed E-state index contributed by atoms with van der Waals surface area (Å²) < 4.78 is 14.5. The van der Waals surface area contributed by atoms with E-state index in [-0.39, 0.29) is 5.82 Å². The number of anilines is 2. The van der Waals surface area contributed by atoms with Crippen LogP contribution in [0.15, 0.2) is 42.6 Å². The Bertz CT molecular complexity index is 944. The highest BCUT2D eigenvalue weighted by molar-refractivity contribution is 5.98. The molecule has 1 saturated heterocycles. The van der Waals surface area contributed by atoms with E-state index in [0.29, 0.717) is 17.4 Å². The Morgan fingerprint density at radius 3 is 2.93 bits per heavy atom. The van der Waals surface area contributed by atoms with Crippen LogP contribution in [0, 0.1) is 12.7 Å². The van der Waals surface area contributed by atoms with Crippen LogP contribution in [-0.2, 0) is 0 Å². The Labute approximate surface area is 159 Å². The third-order valence-electron chi connectivity index (χ3n) is 5.32. The first-order valence-corrected chi connectivity index (χ1v) is 9.54. The van der Waals surface area contributed by atoms with Gasteiger partial charge in [-0.05, 0) is 61.7 Å². The van der Waals surface area contributed by atoms with Crippen molar-refractivity contribution in [2.75, 3.05) is 24.1 Å². The molecule has 2 heterocycles. The fraction of sp³-hybridized carbons (Fsp3) is 0.318. The van der Waals surface area contributed by atoms with Crippen LogP contribution in [0.3, 0.4) is 0 Å². The number of pyridine rings is 1. The van der Waals surface area contributed by atoms with E-state index in [1.807, 2.05) is 31.2 Å². The van der Waals surface area contributed by atoms with E-state index >= 15 is 0 Å². The van der Waals surface area contributed by atoms with E-state index in [2.05, 4.69) is 15.6 Å². The van der Waals surface area contributed by atoms with Crippen molar-refractivity contribution in [1.82, 2.24) is 10.3 Å². The van der Waals surface area contributed by atoms with Gasteiger partial charge in [-0.25, -0.2) is 9.37 Å². The van der Waals surface area contributed by atoms with E-state index in [9.17, 15) is 4.39 Å².